The van der Waals surface area contributed by atoms with Crippen molar-refractivity contribution in [3.63, 3.8) is 0 Å². The number of hydrazone groups is 1. The number of halogens is 1. The largest absolute Gasteiger partial charge is 0.493 e. The molecule has 0 spiro atoms. The first-order chi connectivity index (χ1) is 13.2. The van der Waals surface area contributed by atoms with Gasteiger partial charge >= 0.3 is 0 Å². The van der Waals surface area contributed by atoms with E-state index in [1.54, 1.807) is 19.4 Å². The van der Waals surface area contributed by atoms with E-state index in [0.717, 1.165) is 17.0 Å². The second-order valence-corrected chi connectivity index (χ2v) is 6.53. The Morgan fingerprint density at radius 2 is 2.04 bits per heavy atom. The normalized spacial score (nSPS) is 20.5. The zero-order valence-corrected chi connectivity index (χ0v) is 14.6. The number of ether oxygens (including phenoxy) is 2. The van der Waals surface area contributed by atoms with Gasteiger partial charge in [-0.15, -0.1) is 0 Å². The Hall–Kier alpha value is -3.28. The summed E-state index contributed by atoms with van der Waals surface area (Å²) in [6.07, 6.45) is 1.75. The van der Waals surface area contributed by atoms with Crippen LogP contribution in [0.25, 0.3) is 0 Å². The second kappa shape index (κ2) is 6.16. The zero-order chi connectivity index (χ0) is 18.4. The summed E-state index contributed by atoms with van der Waals surface area (Å²) in [6.45, 7) is 0. The van der Waals surface area contributed by atoms with E-state index in [4.69, 9.17) is 19.0 Å². The van der Waals surface area contributed by atoms with E-state index in [1.165, 1.54) is 12.1 Å². The Bertz CT molecular complexity index is 1020. The monoisotopic (exact) mass is 364 g/mol. The lowest BCUT2D eigenvalue weighted by atomic mass is 9.97. The minimum atomic E-state index is -0.554. The Morgan fingerprint density at radius 3 is 2.81 bits per heavy atom. The van der Waals surface area contributed by atoms with Crippen molar-refractivity contribution in [2.75, 3.05) is 7.11 Å². The number of nitrogens with zero attached hydrogens (tertiary/aromatic N) is 2. The lowest BCUT2D eigenvalue weighted by Crippen LogP contribution is -2.34. The van der Waals surface area contributed by atoms with Gasteiger partial charge in [-0.05, 0) is 30.3 Å². The Kier molecular flexibility index (Phi) is 3.63. The number of methoxy groups -OCH3 is 1. The van der Waals surface area contributed by atoms with E-state index in [0.29, 0.717) is 23.5 Å². The molecule has 136 valence electrons. The van der Waals surface area contributed by atoms with Crippen LogP contribution >= 0.6 is 0 Å². The molecule has 0 fully saturated rings. The molecule has 1 aromatic heterocycles. The number of rotatable bonds is 3. The molecule has 2 aromatic carbocycles. The summed E-state index contributed by atoms with van der Waals surface area (Å²) < 4.78 is 31.2. The van der Waals surface area contributed by atoms with Gasteiger partial charge in [-0.3, -0.25) is 0 Å². The van der Waals surface area contributed by atoms with Crippen LogP contribution in [0, 0.1) is 5.82 Å². The van der Waals surface area contributed by atoms with Gasteiger partial charge in [0.25, 0.3) is 0 Å². The first kappa shape index (κ1) is 15.9. The third-order valence-corrected chi connectivity index (χ3v) is 4.94. The molecular weight excluding hydrogens is 347 g/mol. The molecule has 0 radical (unpaired) electrons. The summed E-state index contributed by atoms with van der Waals surface area (Å²) in [6, 6.07) is 15.9. The Morgan fingerprint density at radius 1 is 1.15 bits per heavy atom. The molecule has 3 aromatic rings. The summed E-state index contributed by atoms with van der Waals surface area (Å²) >= 11 is 0. The van der Waals surface area contributed by atoms with Crippen molar-refractivity contribution >= 4 is 5.71 Å². The predicted octanol–water partition coefficient (Wildman–Crippen LogP) is 4.67. The summed E-state index contributed by atoms with van der Waals surface area (Å²) in [5.41, 5.74) is 2.53. The van der Waals surface area contributed by atoms with Crippen molar-refractivity contribution in [3.8, 4) is 11.5 Å². The average Bonchev–Trinajstić information content (AvgIpc) is 3.36. The molecule has 27 heavy (non-hydrogen) atoms. The lowest BCUT2D eigenvalue weighted by molar-refractivity contribution is -0.0210. The third kappa shape index (κ3) is 2.56. The topological polar surface area (TPSA) is 47.2 Å². The standard InChI is InChI=1S/C21H17FN2O3/c1-25-19-8-3-7-15-17-12-16(18-9-4-10-26-18)23-24(17)21(27-20(15)19)13-5-2-6-14(22)11-13/h2-11,17,21H,12H2,1H3/t17-,21+/m0/s1. The van der Waals surface area contributed by atoms with Crippen molar-refractivity contribution < 1.29 is 18.3 Å². The maximum atomic E-state index is 13.9. The van der Waals surface area contributed by atoms with Crippen LogP contribution < -0.4 is 9.47 Å². The molecule has 0 N–H and O–H groups in total. The summed E-state index contributed by atoms with van der Waals surface area (Å²) in [5, 5.41) is 6.65. The molecule has 6 heteroatoms. The highest BCUT2D eigenvalue weighted by Crippen LogP contribution is 2.50. The Balaban J connectivity index is 1.64. The minimum Gasteiger partial charge on any atom is -0.493 e. The smallest absolute Gasteiger partial charge is 0.214 e. The number of fused-ring (bicyclic) bond motifs is 3. The van der Waals surface area contributed by atoms with Crippen LogP contribution in [-0.4, -0.2) is 17.8 Å². The number of benzene rings is 2. The third-order valence-electron chi connectivity index (χ3n) is 4.94. The number of hydrogen-bond acceptors (Lipinski definition) is 5. The van der Waals surface area contributed by atoms with Gasteiger partial charge in [0, 0.05) is 17.5 Å². The molecule has 2 atom stereocenters. The summed E-state index contributed by atoms with van der Waals surface area (Å²) in [4.78, 5) is 0. The van der Waals surface area contributed by atoms with Crippen molar-refractivity contribution in [3.05, 3.63) is 83.6 Å². The predicted molar refractivity (Wildman–Crippen MR) is 97.2 cm³/mol. The van der Waals surface area contributed by atoms with Crippen LogP contribution in [-0.2, 0) is 0 Å². The first-order valence-electron chi connectivity index (χ1n) is 8.73. The van der Waals surface area contributed by atoms with Gasteiger partial charge < -0.3 is 13.9 Å². The molecule has 5 rings (SSSR count). The van der Waals surface area contributed by atoms with Crippen LogP contribution in [0.1, 0.15) is 35.6 Å². The van der Waals surface area contributed by atoms with Gasteiger partial charge in [-0.1, -0.05) is 24.3 Å². The van der Waals surface area contributed by atoms with Crippen LogP contribution in [0.2, 0.25) is 0 Å². The maximum absolute atomic E-state index is 13.9. The van der Waals surface area contributed by atoms with Gasteiger partial charge in [0.1, 0.15) is 17.3 Å². The van der Waals surface area contributed by atoms with Crippen LogP contribution in [0.4, 0.5) is 4.39 Å². The fourth-order valence-corrected chi connectivity index (χ4v) is 3.72. The number of furan rings is 1. The molecule has 2 aliphatic heterocycles. The molecule has 0 bridgehead atoms. The fraction of sp³-hybridized carbons (Fsp3) is 0.190. The van der Waals surface area contributed by atoms with Gasteiger partial charge in [0.15, 0.2) is 11.5 Å². The molecule has 0 saturated heterocycles. The first-order valence-corrected chi connectivity index (χ1v) is 8.73. The number of para-hydroxylation sites is 1. The van der Waals surface area contributed by atoms with Crippen LogP contribution in [0.3, 0.4) is 0 Å². The van der Waals surface area contributed by atoms with Gasteiger partial charge in [-0.2, -0.15) is 5.10 Å². The maximum Gasteiger partial charge on any atom is 0.214 e. The van der Waals surface area contributed by atoms with Gasteiger partial charge in [-0.25, -0.2) is 9.40 Å². The molecule has 0 amide bonds. The minimum absolute atomic E-state index is 0.0442. The van der Waals surface area contributed by atoms with Gasteiger partial charge in [0.05, 0.1) is 19.4 Å². The van der Waals surface area contributed by atoms with Crippen molar-refractivity contribution in [2.24, 2.45) is 5.10 Å². The highest BCUT2D eigenvalue weighted by atomic mass is 19.1. The summed E-state index contributed by atoms with van der Waals surface area (Å²) in [5.74, 6) is 1.74. The van der Waals surface area contributed by atoms with E-state index in [2.05, 4.69) is 0 Å². The number of hydrogen-bond donors (Lipinski definition) is 0. The summed E-state index contributed by atoms with van der Waals surface area (Å²) in [7, 11) is 1.61. The zero-order valence-electron chi connectivity index (χ0n) is 14.6. The molecule has 3 heterocycles. The van der Waals surface area contributed by atoms with Gasteiger partial charge in [0.2, 0.25) is 6.23 Å². The van der Waals surface area contributed by atoms with Crippen molar-refractivity contribution in [1.82, 2.24) is 5.01 Å². The van der Waals surface area contributed by atoms with E-state index in [1.807, 2.05) is 41.4 Å². The highest BCUT2D eigenvalue weighted by Gasteiger charge is 2.42. The van der Waals surface area contributed by atoms with Crippen molar-refractivity contribution in [1.29, 1.82) is 0 Å². The molecule has 0 unspecified atom stereocenters. The average molecular weight is 364 g/mol. The molecular formula is C21H17FN2O3. The van der Waals surface area contributed by atoms with E-state index < -0.39 is 6.23 Å². The van der Waals surface area contributed by atoms with E-state index in [-0.39, 0.29) is 11.9 Å². The van der Waals surface area contributed by atoms with Crippen molar-refractivity contribution in [2.45, 2.75) is 18.7 Å². The SMILES string of the molecule is COc1cccc2c1O[C@H](c1cccc(F)c1)N1N=C(c3ccco3)C[C@@H]21. The quantitative estimate of drug-likeness (QED) is 0.678. The highest BCUT2D eigenvalue weighted by molar-refractivity contribution is 5.99. The van der Waals surface area contributed by atoms with E-state index in [9.17, 15) is 4.39 Å². The molecule has 2 aliphatic rings. The second-order valence-electron chi connectivity index (χ2n) is 6.53. The van der Waals surface area contributed by atoms with E-state index >= 15 is 0 Å². The lowest BCUT2D eigenvalue weighted by Gasteiger charge is -2.38. The van der Waals surface area contributed by atoms with Crippen LogP contribution in [0.5, 0.6) is 11.5 Å². The van der Waals surface area contributed by atoms with Crippen LogP contribution in [0.15, 0.2) is 70.4 Å². The molecule has 0 aliphatic carbocycles. The fourth-order valence-electron chi connectivity index (χ4n) is 3.72. The Labute approximate surface area is 155 Å². The molecule has 5 nitrogen and oxygen atoms in total. The molecule has 0 saturated carbocycles.